The molecule has 1 aromatic heterocycles. The van der Waals surface area contributed by atoms with Crippen LogP contribution in [0.25, 0.3) is 0 Å². The van der Waals surface area contributed by atoms with Crippen LogP contribution in [0.5, 0.6) is 0 Å². The molecule has 234 valence electrons. The molecule has 1 fully saturated rings. The molecule has 12 nitrogen and oxygen atoms in total. The number of nitriles is 1. The number of carboxylic acid groups (broad SMARTS) is 2. The van der Waals surface area contributed by atoms with Crippen molar-refractivity contribution in [3.05, 3.63) is 53.6 Å². The van der Waals surface area contributed by atoms with E-state index in [9.17, 15) is 37.9 Å². The predicted octanol–water partition coefficient (Wildman–Crippen LogP) is 2.27. The van der Waals surface area contributed by atoms with Crippen LogP contribution >= 0.6 is 11.8 Å². The van der Waals surface area contributed by atoms with E-state index in [2.05, 4.69) is 21.4 Å². The van der Waals surface area contributed by atoms with E-state index in [0.717, 1.165) is 24.1 Å². The summed E-state index contributed by atoms with van der Waals surface area (Å²) < 4.78 is 31.7. The van der Waals surface area contributed by atoms with Gasteiger partial charge in [0.2, 0.25) is 11.8 Å². The van der Waals surface area contributed by atoms with Crippen molar-refractivity contribution < 1.29 is 42.6 Å². The molecule has 3 rings (SSSR count). The molecular formula is C27H33F3N6O6S. The van der Waals surface area contributed by atoms with Gasteiger partial charge in [0.15, 0.2) is 0 Å². The molecule has 0 bridgehead atoms. The van der Waals surface area contributed by atoms with Crippen LogP contribution in [-0.2, 0) is 32.1 Å². The predicted molar refractivity (Wildman–Crippen MR) is 150 cm³/mol. The molecule has 1 saturated heterocycles. The van der Waals surface area contributed by atoms with Crippen LogP contribution in [0.15, 0.2) is 36.8 Å². The first-order valence-corrected chi connectivity index (χ1v) is 14.5. The number of aromatic nitrogens is 2. The third-order valence-corrected chi connectivity index (χ3v) is 7.02. The second kappa shape index (κ2) is 17.1. The van der Waals surface area contributed by atoms with Gasteiger partial charge in [0.1, 0.15) is 6.04 Å². The van der Waals surface area contributed by atoms with Crippen LogP contribution in [0.3, 0.4) is 0 Å². The molecule has 16 heteroatoms. The lowest BCUT2D eigenvalue weighted by atomic mass is 10.1. The standard InChI is InChI=1S/C25H32N6O4S.C2HF3O2/c1-36-9-7-22(25(34)35)29-23(32)16-30(14-19-5-2-4-18(10-19)12-26)15-21-6-3-8-31(21)24(33)11-20-13-27-17-28-20;3-2(4,5)1(6)7/h2,4-5,10,13,17,21-22H,3,6-9,11,14-16H2,1H3,(H,27,28)(H,29,32)(H,34,35);(H,6,7)/t21-,22?;/m0./s1. The maximum Gasteiger partial charge on any atom is 0.490 e. The van der Waals surface area contributed by atoms with Gasteiger partial charge < -0.3 is 25.4 Å². The molecule has 4 N–H and O–H groups in total. The number of hydrogen-bond donors (Lipinski definition) is 4. The Hall–Kier alpha value is -4.10. The van der Waals surface area contributed by atoms with Crippen molar-refractivity contribution in [3.8, 4) is 6.07 Å². The fraction of sp³-hybridized carbons (Fsp3) is 0.481. The molecule has 2 aromatic rings. The van der Waals surface area contributed by atoms with Crippen LogP contribution in [0, 0.1) is 11.3 Å². The summed E-state index contributed by atoms with van der Waals surface area (Å²) in [4.78, 5) is 57.0. The summed E-state index contributed by atoms with van der Waals surface area (Å²) >= 11 is 1.52. The van der Waals surface area contributed by atoms with E-state index in [-0.39, 0.29) is 30.8 Å². The summed E-state index contributed by atoms with van der Waals surface area (Å²) in [6.45, 7) is 1.49. The van der Waals surface area contributed by atoms with Crippen molar-refractivity contribution in [2.24, 2.45) is 0 Å². The van der Waals surface area contributed by atoms with E-state index in [4.69, 9.17) is 9.90 Å². The van der Waals surface area contributed by atoms with Crippen LogP contribution in [0.4, 0.5) is 13.2 Å². The van der Waals surface area contributed by atoms with Gasteiger partial charge in [-0.15, -0.1) is 0 Å². The minimum absolute atomic E-state index is 0.000589. The summed E-state index contributed by atoms with van der Waals surface area (Å²) in [5, 5.41) is 28.5. The van der Waals surface area contributed by atoms with Gasteiger partial charge >= 0.3 is 18.1 Å². The molecule has 2 amide bonds. The summed E-state index contributed by atoms with van der Waals surface area (Å²) in [6.07, 6.45) is 2.25. The Bertz CT molecular complexity index is 1270. The van der Waals surface area contributed by atoms with Crippen molar-refractivity contribution in [1.82, 2.24) is 25.1 Å². The molecule has 2 heterocycles. The van der Waals surface area contributed by atoms with Gasteiger partial charge in [-0.1, -0.05) is 12.1 Å². The third kappa shape index (κ3) is 12.3. The molecule has 43 heavy (non-hydrogen) atoms. The van der Waals surface area contributed by atoms with E-state index in [0.29, 0.717) is 37.4 Å². The Labute approximate surface area is 250 Å². The number of thioether (sulfide) groups is 1. The number of carboxylic acids is 2. The number of aliphatic carboxylic acids is 2. The van der Waals surface area contributed by atoms with Crippen LogP contribution in [0.2, 0.25) is 0 Å². The van der Waals surface area contributed by atoms with Crippen LogP contribution < -0.4 is 5.32 Å². The lowest BCUT2D eigenvalue weighted by Crippen LogP contribution is -2.49. The molecular weight excluding hydrogens is 593 g/mol. The Kier molecular flexibility index (Phi) is 14.0. The van der Waals surface area contributed by atoms with Crippen molar-refractivity contribution in [2.45, 2.75) is 50.5 Å². The SMILES string of the molecule is CSCCC(NC(=O)CN(Cc1cccc(C#N)c1)C[C@@H]1CCCN1C(=O)Cc1cnc[nH]1)C(=O)O.O=C(O)C(F)(F)F. The first-order valence-electron chi connectivity index (χ1n) is 13.1. The van der Waals surface area contributed by atoms with Gasteiger partial charge in [-0.3, -0.25) is 14.5 Å². The largest absolute Gasteiger partial charge is 0.490 e. The minimum atomic E-state index is -5.08. The number of likely N-dealkylation sites (tertiary alicyclic amines) is 1. The number of nitrogens with zero attached hydrogens (tertiary/aromatic N) is 4. The number of aromatic amines is 1. The highest BCUT2D eigenvalue weighted by Crippen LogP contribution is 2.21. The lowest BCUT2D eigenvalue weighted by Gasteiger charge is -2.31. The van der Waals surface area contributed by atoms with Crippen molar-refractivity contribution in [2.75, 3.05) is 31.6 Å². The topological polar surface area (TPSA) is 180 Å². The molecule has 2 atom stereocenters. The van der Waals surface area contributed by atoms with E-state index in [1.807, 2.05) is 22.1 Å². The quantitative estimate of drug-likeness (QED) is 0.258. The number of hydrogen-bond acceptors (Lipinski definition) is 8. The highest BCUT2D eigenvalue weighted by molar-refractivity contribution is 7.98. The maximum absolute atomic E-state index is 13.0. The number of carbonyl (C=O) groups is 4. The maximum atomic E-state index is 13.0. The molecule has 1 aromatic carbocycles. The first kappa shape index (κ1) is 35.1. The van der Waals surface area contributed by atoms with Crippen molar-refractivity contribution in [1.29, 1.82) is 5.26 Å². The molecule has 0 spiro atoms. The fourth-order valence-corrected chi connectivity index (χ4v) is 4.89. The number of amides is 2. The van der Waals surface area contributed by atoms with Gasteiger partial charge in [0.05, 0.1) is 30.9 Å². The zero-order valence-corrected chi connectivity index (χ0v) is 24.2. The highest BCUT2D eigenvalue weighted by Gasteiger charge is 2.38. The van der Waals surface area contributed by atoms with Gasteiger partial charge in [-0.05, 0) is 49.0 Å². The average Bonchev–Trinajstić information content (AvgIpc) is 3.63. The van der Waals surface area contributed by atoms with E-state index in [1.165, 1.54) is 11.8 Å². The number of alkyl halides is 3. The molecule has 1 aliphatic heterocycles. The third-order valence-electron chi connectivity index (χ3n) is 6.38. The summed E-state index contributed by atoms with van der Waals surface area (Å²) in [5.74, 6) is -3.57. The number of rotatable bonds is 13. The Morgan fingerprint density at radius 1 is 1.30 bits per heavy atom. The Balaban J connectivity index is 0.000000821. The smallest absolute Gasteiger partial charge is 0.480 e. The minimum Gasteiger partial charge on any atom is -0.480 e. The Morgan fingerprint density at radius 2 is 2.02 bits per heavy atom. The average molecular weight is 627 g/mol. The number of imidazole rings is 1. The van der Waals surface area contributed by atoms with Gasteiger partial charge in [-0.25, -0.2) is 14.6 Å². The number of nitrogens with one attached hydrogen (secondary N) is 2. The number of halogens is 3. The van der Waals surface area contributed by atoms with E-state index < -0.39 is 24.2 Å². The van der Waals surface area contributed by atoms with E-state index >= 15 is 0 Å². The number of H-pyrrole nitrogens is 1. The lowest BCUT2D eigenvalue weighted by molar-refractivity contribution is -0.192. The molecule has 1 aliphatic rings. The Morgan fingerprint density at radius 3 is 2.60 bits per heavy atom. The monoisotopic (exact) mass is 626 g/mol. The molecule has 1 unspecified atom stereocenters. The van der Waals surface area contributed by atoms with Gasteiger partial charge in [0.25, 0.3) is 0 Å². The van der Waals surface area contributed by atoms with E-state index in [1.54, 1.807) is 30.7 Å². The second-order valence-corrected chi connectivity index (χ2v) is 10.6. The van der Waals surface area contributed by atoms with Crippen LogP contribution in [-0.4, -0.2) is 104 Å². The number of benzene rings is 1. The van der Waals surface area contributed by atoms with Gasteiger partial charge in [0, 0.05) is 37.6 Å². The highest BCUT2D eigenvalue weighted by atomic mass is 32.2. The van der Waals surface area contributed by atoms with Crippen molar-refractivity contribution >= 4 is 35.5 Å². The normalized spacial score (nSPS) is 15.3. The van der Waals surface area contributed by atoms with Crippen molar-refractivity contribution in [3.63, 3.8) is 0 Å². The first-order chi connectivity index (χ1) is 20.3. The molecule has 0 radical (unpaired) electrons. The molecule has 0 saturated carbocycles. The summed E-state index contributed by atoms with van der Waals surface area (Å²) in [6, 6.07) is 8.29. The van der Waals surface area contributed by atoms with Crippen LogP contribution in [0.1, 0.15) is 36.1 Å². The zero-order chi connectivity index (χ0) is 32.0. The summed E-state index contributed by atoms with van der Waals surface area (Å²) in [5.41, 5.74) is 2.14. The fourth-order valence-electron chi connectivity index (χ4n) is 4.42. The summed E-state index contributed by atoms with van der Waals surface area (Å²) in [7, 11) is 0. The second-order valence-electron chi connectivity index (χ2n) is 9.66. The van der Waals surface area contributed by atoms with Gasteiger partial charge in [-0.2, -0.15) is 30.2 Å². The number of carbonyl (C=O) groups excluding carboxylic acids is 2. The molecule has 0 aliphatic carbocycles. The zero-order valence-electron chi connectivity index (χ0n) is 23.3.